The molecule has 4 nitrogen and oxygen atoms in total. The summed E-state index contributed by atoms with van der Waals surface area (Å²) >= 11 is 12.3. The standard InChI is InChI=1S/C17H11Cl2FN2O2/c18-12-8-13(19)16(11-7-9(23)5-6-10(11)12)22-17(24)21-15-4-2-1-3-14(15)20/h1-8,23H,(H2,21,22,24). The van der Waals surface area contributed by atoms with Crippen LogP contribution >= 0.6 is 23.2 Å². The molecule has 0 aliphatic rings. The third-order valence-corrected chi connectivity index (χ3v) is 3.99. The lowest BCUT2D eigenvalue weighted by Crippen LogP contribution is -2.20. The first-order valence-electron chi connectivity index (χ1n) is 6.89. The third-order valence-electron chi connectivity index (χ3n) is 3.38. The minimum atomic E-state index is -0.672. The van der Waals surface area contributed by atoms with Gasteiger partial charge in [-0.3, -0.25) is 0 Å². The molecule has 0 aliphatic carbocycles. The summed E-state index contributed by atoms with van der Waals surface area (Å²) in [5.41, 5.74) is 0.299. The first-order valence-corrected chi connectivity index (χ1v) is 7.64. The van der Waals surface area contributed by atoms with Crippen LogP contribution in [0.2, 0.25) is 10.0 Å². The number of anilines is 2. The summed E-state index contributed by atoms with van der Waals surface area (Å²) in [5.74, 6) is -0.559. The number of carbonyl (C=O) groups excluding carboxylic acids is 1. The van der Waals surface area contributed by atoms with Crippen LogP contribution in [0.5, 0.6) is 5.75 Å². The lowest BCUT2D eigenvalue weighted by molar-refractivity contribution is 0.262. The number of halogens is 3. The average Bonchev–Trinajstić information content (AvgIpc) is 2.53. The highest BCUT2D eigenvalue weighted by Crippen LogP contribution is 2.38. The number of hydrogen-bond donors (Lipinski definition) is 3. The molecule has 0 saturated heterocycles. The third kappa shape index (κ3) is 3.22. The highest BCUT2D eigenvalue weighted by Gasteiger charge is 2.14. The van der Waals surface area contributed by atoms with Gasteiger partial charge in [0.25, 0.3) is 0 Å². The molecule has 0 fully saturated rings. The highest BCUT2D eigenvalue weighted by atomic mass is 35.5. The van der Waals surface area contributed by atoms with E-state index in [1.54, 1.807) is 12.1 Å². The lowest BCUT2D eigenvalue weighted by Gasteiger charge is -2.13. The van der Waals surface area contributed by atoms with Gasteiger partial charge in [-0.25, -0.2) is 9.18 Å². The number of aromatic hydroxyl groups is 1. The van der Waals surface area contributed by atoms with Crippen molar-refractivity contribution in [2.75, 3.05) is 10.6 Å². The Balaban J connectivity index is 1.96. The SMILES string of the molecule is O=C(Nc1ccccc1F)Nc1c(Cl)cc(Cl)c2ccc(O)cc12. The number of fused-ring (bicyclic) bond motifs is 1. The molecule has 3 aromatic rings. The minimum absolute atomic E-state index is 0.00149. The van der Waals surface area contributed by atoms with Crippen molar-refractivity contribution in [1.29, 1.82) is 0 Å². The van der Waals surface area contributed by atoms with Crippen LogP contribution in [0, 0.1) is 5.82 Å². The number of hydrogen-bond acceptors (Lipinski definition) is 2. The van der Waals surface area contributed by atoms with Gasteiger partial charge in [0.05, 0.1) is 21.4 Å². The molecule has 122 valence electrons. The molecule has 3 rings (SSSR count). The van der Waals surface area contributed by atoms with Gasteiger partial charge >= 0.3 is 6.03 Å². The van der Waals surface area contributed by atoms with Crippen molar-refractivity contribution in [3.05, 3.63) is 64.4 Å². The molecule has 7 heteroatoms. The summed E-state index contributed by atoms with van der Waals surface area (Å²) in [6.45, 7) is 0. The Morgan fingerprint density at radius 1 is 0.958 bits per heavy atom. The molecule has 0 bridgehead atoms. The van der Waals surface area contributed by atoms with E-state index in [0.717, 1.165) is 0 Å². The molecule has 0 spiro atoms. The van der Waals surface area contributed by atoms with Crippen LogP contribution < -0.4 is 10.6 Å². The van der Waals surface area contributed by atoms with Crippen molar-refractivity contribution >= 4 is 51.4 Å². The first kappa shape index (κ1) is 16.4. The fourth-order valence-electron chi connectivity index (χ4n) is 2.29. The second-order valence-corrected chi connectivity index (χ2v) is 5.82. The summed E-state index contributed by atoms with van der Waals surface area (Å²) < 4.78 is 13.6. The zero-order valence-electron chi connectivity index (χ0n) is 12.1. The zero-order valence-corrected chi connectivity index (χ0v) is 13.6. The number of nitrogens with one attached hydrogen (secondary N) is 2. The Morgan fingerprint density at radius 3 is 2.46 bits per heavy atom. The van der Waals surface area contributed by atoms with Crippen molar-refractivity contribution in [3.63, 3.8) is 0 Å². The summed E-state index contributed by atoms with van der Waals surface area (Å²) in [6, 6.07) is 11.1. The molecule has 0 saturated carbocycles. The predicted octanol–water partition coefficient (Wildman–Crippen LogP) is 5.64. The van der Waals surface area contributed by atoms with Crippen molar-refractivity contribution in [3.8, 4) is 5.75 Å². The van der Waals surface area contributed by atoms with Crippen LogP contribution in [0.1, 0.15) is 0 Å². The quantitative estimate of drug-likeness (QED) is 0.551. The second-order valence-electron chi connectivity index (χ2n) is 5.00. The van der Waals surface area contributed by atoms with Crippen LogP contribution in [0.15, 0.2) is 48.5 Å². The molecule has 3 N–H and O–H groups in total. The summed E-state index contributed by atoms with van der Waals surface area (Å²) in [6.07, 6.45) is 0. The van der Waals surface area contributed by atoms with Crippen LogP contribution in [-0.4, -0.2) is 11.1 Å². The van der Waals surface area contributed by atoms with E-state index in [1.165, 1.54) is 36.4 Å². The predicted molar refractivity (Wildman–Crippen MR) is 94.7 cm³/mol. The van der Waals surface area contributed by atoms with Crippen LogP contribution in [0.3, 0.4) is 0 Å². The number of carbonyl (C=O) groups is 1. The van der Waals surface area contributed by atoms with Gasteiger partial charge in [-0.05, 0) is 36.4 Å². The fraction of sp³-hybridized carbons (Fsp3) is 0. The first-order chi connectivity index (χ1) is 11.5. The van der Waals surface area contributed by atoms with E-state index in [0.29, 0.717) is 15.8 Å². The normalized spacial score (nSPS) is 10.6. The Morgan fingerprint density at radius 2 is 1.71 bits per heavy atom. The van der Waals surface area contributed by atoms with E-state index in [1.807, 2.05) is 0 Å². The monoisotopic (exact) mass is 364 g/mol. The van der Waals surface area contributed by atoms with E-state index < -0.39 is 11.8 Å². The summed E-state index contributed by atoms with van der Waals surface area (Å²) in [7, 11) is 0. The van der Waals surface area contributed by atoms with Crippen molar-refractivity contribution < 1.29 is 14.3 Å². The molecule has 0 radical (unpaired) electrons. The second kappa shape index (κ2) is 6.55. The van der Waals surface area contributed by atoms with Gasteiger partial charge in [-0.1, -0.05) is 35.3 Å². The lowest BCUT2D eigenvalue weighted by atomic mass is 10.1. The zero-order chi connectivity index (χ0) is 17.3. The van der Waals surface area contributed by atoms with Crippen molar-refractivity contribution in [1.82, 2.24) is 0 Å². The number of rotatable bonds is 2. The largest absolute Gasteiger partial charge is 0.508 e. The molecule has 3 aromatic carbocycles. The summed E-state index contributed by atoms with van der Waals surface area (Å²) in [4.78, 5) is 12.2. The smallest absolute Gasteiger partial charge is 0.323 e. The van der Waals surface area contributed by atoms with E-state index >= 15 is 0 Å². The number of benzene rings is 3. The molecule has 2 amide bonds. The van der Waals surface area contributed by atoms with E-state index in [4.69, 9.17) is 23.2 Å². The van der Waals surface area contributed by atoms with Gasteiger partial charge in [-0.2, -0.15) is 0 Å². The van der Waals surface area contributed by atoms with Crippen LogP contribution in [0.25, 0.3) is 10.8 Å². The molecule has 24 heavy (non-hydrogen) atoms. The van der Waals surface area contributed by atoms with Crippen molar-refractivity contribution in [2.45, 2.75) is 0 Å². The van der Waals surface area contributed by atoms with Gasteiger partial charge in [0.15, 0.2) is 0 Å². The van der Waals surface area contributed by atoms with Crippen molar-refractivity contribution in [2.24, 2.45) is 0 Å². The molecular formula is C17H11Cl2FN2O2. The van der Waals surface area contributed by atoms with Gasteiger partial charge in [0.1, 0.15) is 11.6 Å². The maximum atomic E-state index is 13.6. The highest BCUT2D eigenvalue weighted by molar-refractivity contribution is 6.41. The molecule has 0 heterocycles. The summed E-state index contributed by atoms with van der Waals surface area (Å²) in [5, 5.41) is 16.3. The topological polar surface area (TPSA) is 61.4 Å². The fourth-order valence-corrected chi connectivity index (χ4v) is 2.88. The maximum Gasteiger partial charge on any atom is 0.323 e. The van der Waals surface area contributed by atoms with E-state index in [2.05, 4.69) is 10.6 Å². The number of phenolic OH excluding ortho intramolecular Hbond substituents is 1. The van der Waals surface area contributed by atoms with E-state index in [-0.39, 0.29) is 22.1 Å². The number of para-hydroxylation sites is 1. The van der Waals surface area contributed by atoms with Gasteiger partial charge < -0.3 is 15.7 Å². The van der Waals surface area contributed by atoms with Gasteiger partial charge in [0, 0.05) is 10.8 Å². The molecule has 0 aliphatic heterocycles. The molecule has 0 atom stereocenters. The Bertz CT molecular complexity index is 947. The van der Waals surface area contributed by atoms with Gasteiger partial charge in [0.2, 0.25) is 0 Å². The Labute approximate surface area is 146 Å². The Kier molecular flexibility index (Phi) is 4.46. The van der Waals surface area contributed by atoms with Crippen LogP contribution in [0.4, 0.5) is 20.6 Å². The average molecular weight is 365 g/mol. The van der Waals surface area contributed by atoms with Gasteiger partial charge in [-0.15, -0.1) is 0 Å². The van der Waals surface area contributed by atoms with E-state index in [9.17, 15) is 14.3 Å². The molecule has 0 aromatic heterocycles. The van der Waals surface area contributed by atoms with Crippen LogP contribution in [-0.2, 0) is 0 Å². The number of amides is 2. The number of urea groups is 1. The number of phenols is 1. The molecular weight excluding hydrogens is 354 g/mol. The Hall–Kier alpha value is -2.50. The molecule has 0 unspecified atom stereocenters. The maximum absolute atomic E-state index is 13.6. The minimum Gasteiger partial charge on any atom is -0.508 e.